The second kappa shape index (κ2) is 11.4. The molecular formula is C26H26F3N3O3. The summed E-state index contributed by atoms with van der Waals surface area (Å²) in [6.07, 6.45) is 2.33. The highest BCUT2D eigenvalue weighted by Gasteiger charge is 2.22. The van der Waals surface area contributed by atoms with E-state index in [9.17, 15) is 23.1 Å². The number of ether oxygens (including phenoxy) is 1. The van der Waals surface area contributed by atoms with Gasteiger partial charge in [0, 0.05) is 24.4 Å². The molecule has 9 heteroatoms. The molecule has 1 aliphatic rings. The van der Waals surface area contributed by atoms with Crippen LogP contribution >= 0.6 is 0 Å². The Hall–Kier alpha value is -3.27. The molecule has 1 fully saturated rings. The summed E-state index contributed by atoms with van der Waals surface area (Å²) in [5.74, 6) is -2.21. The molecule has 0 bridgehead atoms. The van der Waals surface area contributed by atoms with Gasteiger partial charge in [-0.1, -0.05) is 24.3 Å². The molecule has 1 aliphatic heterocycles. The quantitative estimate of drug-likeness (QED) is 0.451. The number of amides is 1. The summed E-state index contributed by atoms with van der Waals surface area (Å²) < 4.78 is 47.1. The number of hydrogen-bond acceptors (Lipinski definition) is 5. The van der Waals surface area contributed by atoms with Gasteiger partial charge in [0.15, 0.2) is 0 Å². The predicted molar refractivity (Wildman–Crippen MR) is 124 cm³/mol. The first-order chi connectivity index (χ1) is 16.9. The van der Waals surface area contributed by atoms with Crippen LogP contribution in [0.5, 0.6) is 0 Å². The standard InChI is InChI=1S/C26H26F3N3O3/c27-18-5-1-16(2-6-18)22(17-3-7-19(28)8-4-17)11-25(33)32-24-14-30-13-23(29)21(24)10-9-20-12-31-26(34)15-35-20/h1-8,13-14,20,22,26,31,34H,9-12,15H2,(H,32,33)/t20-,26-/m1/s1. The van der Waals surface area contributed by atoms with Crippen molar-refractivity contribution in [3.63, 3.8) is 0 Å². The third-order valence-corrected chi connectivity index (χ3v) is 6.00. The topological polar surface area (TPSA) is 83.5 Å². The van der Waals surface area contributed by atoms with Crippen LogP contribution in [0.15, 0.2) is 60.9 Å². The Morgan fingerprint density at radius 1 is 1.06 bits per heavy atom. The zero-order chi connectivity index (χ0) is 24.8. The fourth-order valence-corrected chi connectivity index (χ4v) is 4.13. The van der Waals surface area contributed by atoms with Gasteiger partial charge >= 0.3 is 0 Å². The Balaban J connectivity index is 1.49. The van der Waals surface area contributed by atoms with E-state index in [-0.39, 0.29) is 24.8 Å². The van der Waals surface area contributed by atoms with Crippen LogP contribution < -0.4 is 10.6 Å². The lowest BCUT2D eigenvalue weighted by Crippen LogP contribution is -2.46. The third-order valence-electron chi connectivity index (χ3n) is 6.00. The average molecular weight is 486 g/mol. The average Bonchev–Trinajstić information content (AvgIpc) is 2.84. The first-order valence-electron chi connectivity index (χ1n) is 11.3. The molecule has 2 atom stereocenters. The van der Waals surface area contributed by atoms with Crippen molar-refractivity contribution in [2.24, 2.45) is 0 Å². The molecule has 1 amide bonds. The van der Waals surface area contributed by atoms with Crippen LogP contribution in [-0.4, -0.2) is 41.5 Å². The minimum Gasteiger partial charge on any atom is -0.376 e. The molecule has 35 heavy (non-hydrogen) atoms. The largest absolute Gasteiger partial charge is 0.376 e. The molecule has 1 aromatic heterocycles. The van der Waals surface area contributed by atoms with Crippen molar-refractivity contribution >= 4 is 11.6 Å². The first kappa shape index (κ1) is 24.8. The molecule has 4 rings (SSSR count). The number of rotatable bonds is 8. The monoisotopic (exact) mass is 485 g/mol. The number of aliphatic hydroxyl groups is 1. The van der Waals surface area contributed by atoms with E-state index in [1.807, 2.05) is 0 Å². The summed E-state index contributed by atoms with van der Waals surface area (Å²) in [6, 6.07) is 11.6. The minimum absolute atomic E-state index is 0.0270. The molecule has 0 unspecified atom stereocenters. The molecule has 0 saturated carbocycles. The summed E-state index contributed by atoms with van der Waals surface area (Å²) in [5, 5.41) is 15.1. The van der Waals surface area contributed by atoms with Gasteiger partial charge in [-0.05, 0) is 48.2 Å². The summed E-state index contributed by atoms with van der Waals surface area (Å²) in [6.45, 7) is 0.591. The van der Waals surface area contributed by atoms with Gasteiger partial charge in [-0.15, -0.1) is 0 Å². The van der Waals surface area contributed by atoms with Crippen molar-refractivity contribution in [2.75, 3.05) is 18.5 Å². The van der Waals surface area contributed by atoms with Gasteiger partial charge in [-0.2, -0.15) is 0 Å². The molecule has 3 N–H and O–H groups in total. The molecule has 6 nitrogen and oxygen atoms in total. The van der Waals surface area contributed by atoms with Crippen molar-refractivity contribution in [3.05, 3.63) is 95.1 Å². The Morgan fingerprint density at radius 2 is 1.69 bits per heavy atom. The lowest BCUT2D eigenvalue weighted by Gasteiger charge is -2.27. The number of hydrogen-bond donors (Lipinski definition) is 3. The number of halogens is 3. The number of aromatic nitrogens is 1. The van der Waals surface area contributed by atoms with Crippen molar-refractivity contribution in [3.8, 4) is 0 Å². The van der Waals surface area contributed by atoms with E-state index in [2.05, 4.69) is 15.6 Å². The molecule has 0 aliphatic carbocycles. The number of pyridine rings is 1. The lowest BCUT2D eigenvalue weighted by atomic mass is 9.88. The third kappa shape index (κ3) is 6.66. The highest BCUT2D eigenvalue weighted by Crippen LogP contribution is 2.30. The Bertz CT molecular complexity index is 1090. The van der Waals surface area contributed by atoms with E-state index in [1.54, 1.807) is 24.3 Å². The fourth-order valence-electron chi connectivity index (χ4n) is 4.13. The van der Waals surface area contributed by atoms with E-state index in [1.165, 1.54) is 30.5 Å². The highest BCUT2D eigenvalue weighted by atomic mass is 19.1. The Labute approximate surface area is 201 Å². The Kier molecular flexibility index (Phi) is 8.12. The van der Waals surface area contributed by atoms with Crippen LogP contribution in [0.2, 0.25) is 0 Å². The van der Waals surface area contributed by atoms with Crippen molar-refractivity contribution in [1.29, 1.82) is 0 Å². The van der Waals surface area contributed by atoms with Gasteiger partial charge in [0.25, 0.3) is 0 Å². The van der Waals surface area contributed by atoms with Gasteiger partial charge in [0.05, 0.1) is 30.8 Å². The molecule has 1 saturated heterocycles. The molecule has 3 aromatic rings. The maximum atomic E-state index is 14.6. The zero-order valence-corrected chi connectivity index (χ0v) is 18.9. The number of morpholine rings is 1. The molecule has 2 aromatic carbocycles. The summed E-state index contributed by atoms with van der Waals surface area (Å²) >= 11 is 0. The van der Waals surface area contributed by atoms with Gasteiger partial charge in [-0.25, -0.2) is 13.2 Å². The number of nitrogens with one attached hydrogen (secondary N) is 2. The molecule has 184 valence electrons. The van der Waals surface area contributed by atoms with E-state index in [0.717, 1.165) is 6.20 Å². The van der Waals surface area contributed by atoms with Crippen molar-refractivity contribution < 1.29 is 27.8 Å². The molecular weight excluding hydrogens is 459 g/mol. The number of anilines is 1. The maximum absolute atomic E-state index is 14.6. The van der Waals surface area contributed by atoms with Crippen LogP contribution in [0.3, 0.4) is 0 Å². The summed E-state index contributed by atoms with van der Waals surface area (Å²) in [7, 11) is 0. The number of nitrogens with zero attached hydrogens (tertiary/aromatic N) is 1. The van der Waals surface area contributed by atoms with Gasteiger partial charge in [0.2, 0.25) is 5.91 Å². The van der Waals surface area contributed by atoms with Crippen LogP contribution in [0.4, 0.5) is 18.9 Å². The number of benzene rings is 2. The first-order valence-corrected chi connectivity index (χ1v) is 11.3. The molecule has 2 heterocycles. The zero-order valence-electron chi connectivity index (χ0n) is 18.9. The predicted octanol–water partition coefficient (Wildman–Crippen LogP) is 3.90. The normalized spacial score (nSPS) is 18.0. The number of carbonyl (C=O) groups excluding carboxylic acids is 1. The van der Waals surface area contributed by atoms with Crippen LogP contribution in [0.1, 0.15) is 35.4 Å². The molecule has 0 spiro atoms. The maximum Gasteiger partial charge on any atom is 0.225 e. The van der Waals surface area contributed by atoms with Gasteiger partial charge < -0.3 is 15.2 Å². The van der Waals surface area contributed by atoms with Crippen LogP contribution in [0.25, 0.3) is 0 Å². The van der Waals surface area contributed by atoms with Gasteiger partial charge in [-0.3, -0.25) is 15.1 Å². The second-order valence-electron chi connectivity index (χ2n) is 8.47. The summed E-state index contributed by atoms with van der Waals surface area (Å²) in [5.41, 5.74) is 1.95. The lowest BCUT2D eigenvalue weighted by molar-refractivity contribution is -0.116. The van der Waals surface area contributed by atoms with E-state index >= 15 is 0 Å². The smallest absolute Gasteiger partial charge is 0.225 e. The van der Waals surface area contributed by atoms with Gasteiger partial charge in [0.1, 0.15) is 23.7 Å². The van der Waals surface area contributed by atoms with E-state index in [4.69, 9.17) is 4.74 Å². The van der Waals surface area contributed by atoms with Crippen molar-refractivity contribution in [2.45, 2.75) is 37.5 Å². The van der Waals surface area contributed by atoms with Crippen LogP contribution in [-0.2, 0) is 16.0 Å². The second-order valence-corrected chi connectivity index (χ2v) is 8.47. The summed E-state index contributed by atoms with van der Waals surface area (Å²) in [4.78, 5) is 16.9. The number of aliphatic hydroxyl groups excluding tert-OH is 1. The van der Waals surface area contributed by atoms with Crippen molar-refractivity contribution in [1.82, 2.24) is 10.3 Å². The molecule has 0 radical (unpaired) electrons. The number of carbonyl (C=O) groups is 1. The van der Waals surface area contributed by atoms with E-state index < -0.39 is 35.5 Å². The minimum atomic E-state index is -0.714. The van der Waals surface area contributed by atoms with Crippen LogP contribution in [0, 0.1) is 17.5 Å². The van der Waals surface area contributed by atoms with E-state index in [0.29, 0.717) is 36.1 Å². The SMILES string of the molecule is O=C(CC(c1ccc(F)cc1)c1ccc(F)cc1)Nc1cncc(F)c1CC[C@@H]1CN[C@H](O)CO1. The highest BCUT2D eigenvalue weighted by molar-refractivity contribution is 5.92. The fraction of sp³-hybridized carbons (Fsp3) is 0.308. The Morgan fingerprint density at radius 3 is 2.26 bits per heavy atom.